The Bertz CT molecular complexity index is 285. The lowest BCUT2D eigenvalue weighted by Gasteiger charge is -2.40. The van der Waals surface area contributed by atoms with Gasteiger partial charge in [0.1, 0.15) is 6.04 Å². The number of rotatable bonds is 3. The van der Waals surface area contributed by atoms with Crippen molar-refractivity contribution in [2.45, 2.75) is 58.5 Å². The minimum absolute atomic E-state index is 0.0297. The molecule has 0 aromatic rings. The van der Waals surface area contributed by atoms with Crippen molar-refractivity contribution in [3.63, 3.8) is 0 Å². The number of carbonyl (C=O) groups excluding carboxylic acids is 2. The first kappa shape index (κ1) is 13.0. The molecule has 1 unspecified atom stereocenters. The van der Waals surface area contributed by atoms with Gasteiger partial charge in [0, 0.05) is 18.5 Å². The molecule has 0 spiro atoms. The van der Waals surface area contributed by atoms with Crippen LogP contribution in [0.4, 0.5) is 0 Å². The molecule has 4 nitrogen and oxygen atoms in total. The Hall–Kier alpha value is -1.06. The van der Waals surface area contributed by atoms with Gasteiger partial charge in [-0.25, -0.2) is 0 Å². The number of amides is 2. The van der Waals surface area contributed by atoms with E-state index in [1.54, 1.807) is 6.92 Å². The molecule has 0 saturated carbocycles. The van der Waals surface area contributed by atoms with E-state index in [9.17, 15) is 9.59 Å². The zero-order valence-electron chi connectivity index (χ0n) is 10.7. The molecule has 4 heteroatoms. The Balaban J connectivity index is 2.93. The van der Waals surface area contributed by atoms with Gasteiger partial charge in [-0.2, -0.15) is 0 Å². The second kappa shape index (κ2) is 4.85. The highest BCUT2D eigenvalue weighted by atomic mass is 16.2. The molecule has 1 aliphatic rings. The minimum atomic E-state index is -0.396. The summed E-state index contributed by atoms with van der Waals surface area (Å²) in [4.78, 5) is 25.4. The van der Waals surface area contributed by atoms with E-state index in [1.165, 1.54) is 0 Å². The quantitative estimate of drug-likeness (QED) is 0.788. The maximum absolute atomic E-state index is 12.2. The van der Waals surface area contributed by atoms with E-state index in [0.717, 1.165) is 12.8 Å². The van der Waals surface area contributed by atoms with Crippen LogP contribution in [-0.2, 0) is 9.59 Å². The highest BCUT2D eigenvalue weighted by Crippen LogP contribution is 2.25. The SMILES string of the molecule is CCC(C)(CC)N1CCC(=O)NC(C)C1=O. The predicted molar refractivity (Wildman–Crippen MR) is 62.9 cm³/mol. The van der Waals surface area contributed by atoms with E-state index >= 15 is 0 Å². The molecule has 92 valence electrons. The van der Waals surface area contributed by atoms with Crippen LogP contribution in [-0.4, -0.2) is 34.8 Å². The van der Waals surface area contributed by atoms with Crippen LogP contribution in [0.3, 0.4) is 0 Å². The van der Waals surface area contributed by atoms with E-state index in [1.807, 2.05) is 4.90 Å². The van der Waals surface area contributed by atoms with Crippen LogP contribution >= 0.6 is 0 Å². The Labute approximate surface area is 97.4 Å². The molecule has 1 N–H and O–H groups in total. The first-order valence-corrected chi connectivity index (χ1v) is 6.05. The predicted octanol–water partition coefficient (Wildman–Crippen LogP) is 1.30. The van der Waals surface area contributed by atoms with Crippen molar-refractivity contribution >= 4 is 11.8 Å². The summed E-state index contributed by atoms with van der Waals surface area (Å²) >= 11 is 0. The summed E-state index contributed by atoms with van der Waals surface area (Å²) in [6.07, 6.45) is 2.23. The largest absolute Gasteiger partial charge is 0.345 e. The van der Waals surface area contributed by atoms with Crippen molar-refractivity contribution in [3.05, 3.63) is 0 Å². The fourth-order valence-electron chi connectivity index (χ4n) is 2.10. The van der Waals surface area contributed by atoms with E-state index in [2.05, 4.69) is 26.1 Å². The Morgan fingerprint density at radius 3 is 2.44 bits per heavy atom. The Kier molecular flexibility index (Phi) is 3.94. The van der Waals surface area contributed by atoms with Gasteiger partial charge in [-0.05, 0) is 26.7 Å². The molecule has 1 atom stereocenters. The minimum Gasteiger partial charge on any atom is -0.345 e. The zero-order valence-corrected chi connectivity index (χ0v) is 10.7. The van der Waals surface area contributed by atoms with E-state index in [0.29, 0.717) is 13.0 Å². The fourth-order valence-corrected chi connectivity index (χ4v) is 2.10. The first-order valence-electron chi connectivity index (χ1n) is 6.05. The van der Waals surface area contributed by atoms with Crippen LogP contribution in [0.5, 0.6) is 0 Å². The van der Waals surface area contributed by atoms with E-state index in [-0.39, 0.29) is 17.4 Å². The summed E-state index contributed by atoms with van der Waals surface area (Å²) in [6.45, 7) is 8.55. The molecule has 1 fully saturated rings. The Morgan fingerprint density at radius 1 is 1.38 bits per heavy atom. The average molecular weight is 226 g/mol. The second-order valence-electron chi connectivity index (χ2n) is 4.73. The highest BCUT2D eigenvalue weighted by molar-refractivity contribution is 5.90. The molecule has 0 aromatic carbocycles. The maximum atomic E-state index is 12.2. The summed E-state index contributed by atoms with van der Waals surface area (Å²) in [7, 11) is 0. The smallest absolute Gasteiger partial charge is 0.245 e. The number of carbonyl (C=O) groups is 2. The summed E-state index contributed by atoms with van der Waals surface area (Å²) < 4.78 is 0. The molecular weight excluding hydrogens is 204 g/mol. The lowest BCUT2D eigenvalue weighted by atomic mass is 9.92. The third-order valence-electron chi connectivity index (χ3n) is 3.75. The molecule has 0 bridgehead atoms. The topological polar surface area (TPSA) is 49.4 Å². The second-order valence-corrected chi connectivity index (χ2v) is 4.73. The lowest BCUT2D eigenvalue weighted by molar-refractivity contribution is -0.138. The molecule has 16 heavy (non-hydrogen) atoms. The molecule has 1 aliphatic heterocycles. The van der Waals surface area contributed by atoms with Gasteiger partial charge in [0.25, 0.3) is 0 Å². The third-order valence-corrected chi connectivity index (χ3v) is 3.75. The fraction of sp³-hybridized carbons (Fsp3) is 0.833. The van der Waals surface area contributed by atoms with Gasteiger partial charge in [0.15, 0.2) is 0 Å². The molecule has 0 radical (unpaired) electrons. The zero-order chi connectivity index (χ0) is 12.3. The standard InChI is InChI=1S/C12H22N2O2/c1-5-12(4,6-2)14-8-7-10(15)13-9(3)11(14)16/h9H,5-8H2,1-4H3,(H,13,15). The van der Waals surface area contributed by atoms with Gasteiger partial charge < -0.3 is 10.2 Å². The van der Waals surface area contributed by atoms with Gasteiger partial charge in [-0.15, -0.1) is 0 Å². The van der Waals surface area contributed by atoms with E-state index < -0.39 is 6.04 Å². The lowest BCUT2D eigenvalue weighted by Crippen LogP contribution is -2.53. The monoisotopic (exact) mass is 226 g/mol. The van der Waals surface area contributed by atoms with Gasteiger partial charge in [0.05, 0.1) is 0 Å². The van der Waals surface area contributed by atoms with Crippen molar-refractivity contribution in [2.24, 2.45) is 0 Å². The van der Waals surface area contributed by atoms with Gasteiger partial charge in [-0.1, -0.05) is 13.8 Å². The summed E-state index contributed by atoms with van der Waals surface area (Å²) in [6, 6.07) is -0.396. The average Bonchev–Trinajstić information content (AvgIpc) is 2.39. The Morgan fingerprint density at radius 2 is 1.94 bits per heavy atom. The number of hydrogen-bond acceptors (Lipinski definition) is 2. The van der Waals surface area contributed by atoms with Crippen molar-refractivity contribution in [2.75, 3.05) is 6.54 Å². The van der Waals surface area contributed by atoms with Crippen LogP contribution in [0.1, 0.15) is 47.0 Å². The van der Waals surface area contributed by atoms with Crippen molar-refractivity contribution in [1.29, 1.82) is 0 Å². The highest BCUT2D eigenvalue weighted by Gasteiger charge is 2.36. The molecule has 1 heterocycles. The molecule has 1 rings (SSSR count). The molecule has 1 saturated heterocycles. The normalized spacial score (nSPS) is 23.0. The number of hydrogen-bond donors (Lipinski definition) is 1. The van der Waals surface area contributed by atoms with Crippen LogP contribution < -0.4 is 5.32 Å². The molecule has 2 amide bonds. The number of nitrogens with one attached hydrogen (secondary N) is 1. The van der Waals surface area contributed by atoms with Crippen LogP contribution in [0.2, 0.25) is 0 Å². The molecule has 0 aliphatic carbocycles. The maximum Gasteiger partial charge on any atom is 0.245 e. The van der Waals surface area contributed by atoms with Crippen LogP contribution in [0.25, 0.3) is 0 Å². The molecule has 0 aromatic heterocycles. The van der Waals surface area contributed by atoms with Crippen molar-refractivity contribution in [3.8, 4) is 0 Å². The van der Waals surface area contributed by atoms with Gasteiger partial charge >= 0.3 is 0 Å². The van der Waals surface area contributed by atoms with Crippen LogP contribution in [0.15, 0.2) is 0 Å². The van der Waals surface area contributed by atoms with Gasteiger partial charge in [-0.3, -0.25) is 9.59 Å². The van der Waals surface area contributed by atoms with E-state index in [4.69, 9.17) is 0 Å². The third kappa shape index (κ3) is 2.36. The van der Waals surface area contributed by atoms with Crippen LogP contribution in [0, 0.1) is 0 Å². The molecular formula is C12H22N2O2. The number of nitrogens with zero attached hydrogens (tertiary/aromatic N) is 1. The van der Waals surface area contributed by atoms with Gasteiger partial charge in [0.2, 0.25) is 11.8 Å². The first-order chi connectivity index (χ1) is 7.44. The summed E-state index contributed by atoms with van der Waals surface area (Å²) in [5, 5.41) is 2.71. The summed E-state index contributed by atoms with van der Waals surface area (Å²) in [5.74, 6) is 0.00922. The summed E-state index contributed by atoms with van der Waals surface area (Å²) in [5.41, 5.74) is -0.127. The van der Waals surface area contributed by atoms with Crippen molar-refractivity contribution in [1.82, 2.24) is 10.2 Å². The van der Waals surface area contributed by atoms with Crippen molar-refractivity contribution < 1.29 is 9.59 Å².